The van der Waals surface area contributed by atoms with E-state index in [0.717, 1.165) is 24.8 Å². The number of halogens is 1. The van der Waals surface area contributed by atoms with Crippen LogP contribution in [0.4, 0.5) is 9.18 Å². The fraction of sp³-hybridized carbons (Fsp3) is 0.400. The number of rotatable bonds is 4. The Morgan fingerprint density at radius 1 is 1.23 bits per heavy atom. The summed E-state index contributed by atoms with van der Waals surface area (Å²) in [6, 6.07) is 8.40. The molecule has 0 spiro atoms. The molecular formula is C25H28FN7O2. The molecule has 182 valence electrons. The molecule has 1 aliphatic carbocycles. The molecule has 3 aromatic heterocycles. The topological polar surface area (TPSA) is 99.8 Å². The van der Waals surface area contributed by atoms with Crippen LogP contribution in [0, 0.1) is 5.82 Å². The van der Waals surface area contributed by atoms with Gasteiger partial charge in [-0.1, -0.05) is 17.3 Å². The van der Waals surface area contributed by atoms with Crippen LogP contribution in [0.25, 0.3) is 28.2 Å². The maximum atomic E-state index is 14.9. The van der Waals surface area contributed by atoms with Gasteiger partial charge in [-0.15, -0.1) is 5.10 Å². The Morgan fingerprint density at radius 3 is 2.80 bits per heavy atom. The Morgan fingerprint density at radius 2 is 2.06 bits per heavy atom. The third-order valence-corrected chi connectivity index (χ3v) is 6.07. The number of benzene rings is 1. The summed E-state index contributed by atoms with van der Waals surface area (Å²) < 4.78 is 24.0. The second-order valence-corrected chi connectivity index (χ2v) is 9.83. The summed E-state index contributed by atoms with van der Waals surface area (Å²) in [7, 11) is 0. The molecular weight excluding hydrogens is 449 g/mol. The summed E-state index contributed by atoms with van der Waals surface area (Å²) in [6.45, 7) is 5.53. The Labute approximate surface area is 202 Å². The van der Waals surface area contributed by atoms with Crippen molar-refractivity contribution in [1.82, 2.24) is 34.8 Å². The molecule has 1 aliphatic rings. The number of pyridine rings is 1. The Hall–Kier alpha value is -3.82. The van der Waals surface area contributed by atoms with E-state index in [1.807, 2.05) is 26.8 Å². The molecule has 1 aromatic carbocycles. The lowest BCUT2D eigenvalue weighted by Crippen LogP contribution is -2.41. The first kappa shape index (κ1) is 22.9. The Balaban J connectivity index is 1.53. The minimum atomic E-state index is -0.565. The Bertz CT molecular complexity index is 1340. The third kappa shape index (κ3) is 4.87. The van der Waals surface area contributed by atoms with Gasteiger partial charge in [0.2, 0.25) is 0 Å². The summed E-state index contributed by atoms with van der Waals surface area (Å²) in [4.78, 5) is 21.8. The lowest BCUT2D eigenvalue weighted by Gasteiger charge is -2.32. The number of carbonyl (C=O) groups excluding carboxylic acids is 1. The smallest absolute Gasteiger partial charge is 0.407 e. The van der Waals surface area contributed by atoms with Crippen LogP contribution in [-0.4, -0.2) is 47.3 Å². The van der Waals surface area contributed by atoms with Crippen LogP contribution in [0.15, 0.2) is 48.9 Å². The van der Waals surface area contributed by atoms with Crippen LogP contribution in [0.5, 0.6) is 0 Å². The molecule has 1 saturated carbocycles. The number of fused-ring (bicyclic) bond motifs is 1. The number of imidazole rings is 1. The predicted molar refractivity (Wildman–Crippen MR) is 129 cm³/mol. The van der Waals surface area contributed by atoms with Crippen molar-refractivity contribution in [3.63, 3.8) is 0 Å². The van der Waals surface area contributed by atoms with Crippen LogP contribution in [0.1, 0.15) is 52.5 Å². The second-order valence-electron chi connectivity index (χ2n) is 9.83. The number of amides is 1. The van der Waals surface area contributed by atoms with E-state index < -0.39 is 11.7 Å². The molecule has 1 N–H and O–H groups in total. The number of carbonyl (C=O) groups is 1. The zero-order valence-corrected chi connectivity index (χ0v) is 20.0. The molecule has 0 radical (unpaired) electrons. The van der Waals surface area contributed by atoms with E-state index in [1.165, 1.54) is 6.07 Å². The van der Waals surface area contributed by atoms with Crippen molar-refractivity contribution in [3.8, 4) is 17.2 Å². The molecule has 4 aromatic rings. The van der Waals surface area contributed by atoms with Crippen molar-refractivity contribution >= 4 is 17.1 Å². The van der Waals surface area contributed by atoms with Gasteiger partial charge in [-0.2, -0.15) is 0 Å². The van der Waals surface area contributed by atoms with E-state index >= 15 is 0 Å². The van der Waals surface area contributed by atoms with E-state index in [1.54, 1.807) is 41.5 Å². The number of ether oxygens (including phenoxy) is 1. The van der Waals surface area contributed by atoms with Gasteiger partial charge >= 0.3 is 6.09 Å². The zero-order valence-electron chi connectivity index (χ0n) is 20.0. The van der Waals surface area contributed by atoms with Crippen LogP contribution >= 0.6 is 0 Å². The van der Waals surface area contributed by atoms with Crippen LogP contribution in [0.3, 0.4) is 0 Å². The third-order valence-electron chi connectivity index (χ3n) is 6.07. The predicted octanol–water partition coefficient (Wildman–Crippen LogP) is 4.83. The zero-order chi connectivity index (χ0) is 24.6. The van der Waals surface area contributed by atoms with Gasteiger partial charge < -0.3 is 14.6 Å². The molecule has 1 amide bonds. The molecule has 0 unspecified atom stereocenters. The molecule has 9 nitrogen and oxygen atoms in total. The molecule has 35 heavy (non-hydrogen) atoms. The summed E-state index contributed by atoms with van der Waals surface area (Å²) in [5.41, 5.74) is 1.35. The van der Waals surface area contributed by atoms with Gasteiger partial charge in [0, 0.05) is 18.2 Å². The van der Waals surface area contributed by atoms with Crippen LogP contribution < -0.4 is 5.32 Å². The minimum Gasteiger partial charge on any atom is -0.444 e. The SMILES string of the molecule is CC(C)(C)OC(=O)N[C@H]1CCC[C@@H](n2c(-c3ccccc3F)nc3cc(-n4ccnn4)ncc32)C1. The Kier molecular flexibility index (Phi) is 5.96. The fourth-order valence-electron chi connectivity index (χ4n) is 4.65. The molecule has 3 heterocycles. The van der Waals surface area contributed by atoms with Crippen LogP contribution in [0.2, 0.25) is 0 Å². The highest BCUT2D eigenvalue weighted by molar-refractivity contribution is 5.81. The van der Waals surface area contributed by atoms with Crippen molar-refractivity contribution in [2.45, 2.75) is 64.1 Å². The van der Waals surface area contributed by atoms with Crippen molar-refractivity contribution in [2.75, 3.05) is 0 Å². The van der Waals surface area contributed by atoms with E-state index in [4.69, 9.17) is 9.72 Å². The average molecular weight is 478 g/mol. The first-order chi connectivity index (χ1) is 16.8. The molecule has 10 heteroatoms. The van der Waals surface area contributed by atoms with E-state index in [0.29, 0.717) is 29.1 Å². The van der Waals surface area contributed by atoms with Gasteiger partial charge in [0.05, 0.1) is 35.2 Å². The second kappa shape index (κ2) is 9.09. The normalized spacial score (nSPS) is 18.5. The largest absolute Gasteiger partial charge is 0.444 e. The quantitative estimate of drug-likeness (QED) is 0.452. The van der Waals surface area contributed by atoms with E-state index in [-0.39, 0.29) is 17.9 Å². The molecule has 5 rings (SSSR count). The number of nitrogens with zero attached hydrogens (tertiary/aromatic N) is 6. The van der Waals surface area contributed by atoms with Crippen molar-refractivity contribution in [2.24, 2.45) is 0 Å². The van der Waals surface area contributed by atoms with Gasteiger partial charge in [0.15, 0.2) is 5.82 Å². The number of hydrogen-bond donors (Lipinski definition) is 1. The van der Waals surface area contributed by atoms with Crippen LogP contribution in [-0.2, 0) is 4.74 Å². The van der Waals surface area contributed by atoms with Gasteiger partial charge in [-0.25, -0.2) is 23.8 Å². The lowest BCUT2D eigenvalue weighted by molar-refractivity contribution is 0.0486. The number of aromatic nitrogens is 6. The first-order valence-electron chi connectivity index (χ1n) is 11.8. The molecule has 0 aliphatic heterocycles. The summed E-state index contributed by atoms with van der Waals surface area (Å²) >= 11 is 0. The minimum absolute atomic E-state index is 0.00214. The lowest BCUT2D eigenvalue weighted by atomic mass is 9.90. The van der Waals surface area contributed by atoms with Gasteiger partial charge in [0.25, 0.3) is 0 Å². The first-order valence-corrected chi connectivity index (χ1v) is 11.8. The maximum absolute atomic E-state index is 14.9. The van der Waals surface area contributed by atoms with Gasteiger partial charge in [-0.05, 0) is 58.6 Å². The summed E-state index contributed by atoms with van der Waals surface area (Å²) in [6.07, 6.45) is 7.92. The summed E-state index contributed by atoms with van der Waals surface area (Å²) in [5, 5.41) is 10.9. The van der Waals surface area contributed by atoms with Gasteiger partial charge in [-0.3, -0.25) is 0 Å². The highest BCUT2D eigenvalue weighted by atomic mass is 19.1. The standard InChI is InChI=1S/C25H28FN7O2/c1-25(2,3)35-24(34)29-16-7-6-8-17(13-16)33-21-15-27-22(32-12-11-28-31-32)14-20(21)30-23(33)18-9-4-5-10-19(18)26/h4-5,9-12,14-17H,6-8,13H2,1-3H3,(H,29,34)/t16-,17+/m0/s1. The monoisotopic (exact) mass is 477 g/mol. The van der Waals surface area contributed by atoms with E-state index in [9.17, 15) is 9.18 Å². The molecule has 0 saturated heterocycles. The number of nitrogens with one attached hydrogen (secondary N) is 1. The van der Waals surface area contributed by atoms with E-state index in [2.05, 4.69) is 25.2 Å². The molecule has 2 atom stereocenters. The van der Waals surface area contributed by atoms with Crippen molar-refractivity contribution < 1.29 is 13.9 Å². The van der Waals surface area contributed by atoms with Crippen molar-refractivity contribution in [3.05, 3.63) is 54.7 Å². The maximum Gasteiger partial charge on any atom is 0.407 e. The average Bonchev–Trinajstić information content (AvgIpc) is 3.46. The fourth-order valence-corrected chi connectivity index (χ4v) is 4.65. The summed E-state index contributed by atoms with van der Waals surface area (Å²) in [5.74, 6) is 0.777. The van der Waals surface area contributed by atoms with Crippen molar-refractivity contribution in [1.29, 1.82) is 0 Å². The highest BCUT2D eigenvalue weighted by Crippen LogP contribution is 2.37. The highest BCUT2D eigenvalue weighted by Gasteiger charge is 2.30. The number of hydrogen-bond acceptors (Lipinski definition) is 6. The molecule has 0 bridgehead atoms. The van der Waals surface area contributed by atoms with Gasteiger partial charge in [0.1, 0.15) is 17.2 Å². The molecule has 1 fully saturated rings. The number of alkyl carbamates (subject to hydrolysis) is 1.